The fraction of sp³-hybridized carbons (Fsp3) is 0.217. The third-order valence-electron chi connectivity index (χ3n) is 4.73. The maximum absolute atomic E-state index is 13.0. The van der Waals surface area contributed by atoms with Gasteiger partial charge in [-0.2, -0.15) is 0 Å². The first-order chi connectivity index (χ1) is 14.2. The van der Waals surface area contributed by atoms with E-state index in [-0.39, 0.29) is 12.6 Å². The van der Waals surface area contributed by atoms with Gasteiger partial charge in [0.15, 0.2) is 23.0 Å². The van der Waals surface area contributed by atoms with Crippen molar-refractivity contribution in [2.75, 3.05) is 13.9 Å². The van der Waals surface area contributed by atoms with Crippen molar-refractivity contribution in [2.24, 2.45) is 0 Å². The smallest absolute Gasteiger partial charge is 0.231 e. The van der Waals surface area contributed by atoms with Crippen LogP contribution in [0.5, 0.6) is 23.0 Å². The van der Waals surface area contributed by atoms with Crippen molar-refractivity contribution in [3.8, 4) is 23.0 Å². The predicted molar refractivity (Wildman–Crippen MR) is 106 cm³/mol. The van der Waals surface area contributed by atoms with Gasteiger partial charge >= 0.3 is 0 Å². The molecule has 0 aromatic heterocycles. The van der Waals surface area contributed by atoms with Crippen LogP contribution in [0.2, 0.25) is 0 Å². The maximum Gasteiger partial charge on any atom is 0.231 e. The Morgan fingerprint density at radius 1 is 0.828 bits per heavy atom. The van der Waals surface area contributed by atoms with Gasteiger partial charge in [-0.05, 0) is 54.1 Å². The minimum Gasteiger partial charge on any atom is -0.493 e. The van der Waals surface area contributed by atoms with E-state index in [0.717, 1.165) is 35.7 Å². The number of rotatable bonds is 8. The number of nitrogens with two attached hydrogens (primary N) is 1. The normalized spacial score (nSPS) is 12.1. The number of quaternary nitrogens is 1. The molecule has 1 aliphatic heterocycles. The highest BCUT2D eigenvalue weighted by molar-refractivity contribution is 5.44. The van der Waals surface area contributed by atoms with Gasteiger partial charge in [-0.25, -0.2) is 4.39 Å². The Morgan fingerprint density at radius 3 is 2.31 bits per heavy atom. The fourth-order valence-electron chi connectivity index (χ4n) is 3.17. The van der Waals surface area contributed by atoms with E-state index in [4.69, 9.17) is 18.9 Å². The molecule has 0 fully saturated rings. The zero-order valence-electron chi connectivity index (χ0n) is 16.2. The van der Waals surface area contributed by atoms with E-state index in [0.29, 0.717) is 18.1 Å². The van der Waals surface area contributed by atoms with Crippen LogP contribution in [0.4, 0.5) is 4.39 Å². The Hall–Kier alpha value is -3.25. The van der Waals surface area contributed by atoms with Gasteiger partial charge in [-0.3, -0.25) is 0 Å². The van der Waals surface area contributed by atoms with Crippen molar-refractivity contribution in [1.29, 1.82) is 0 Å². The molecular formula is C23H23FNO4+. The summed E-state index contributed by atoms with van der Waals surface area (Å²) in [6.07, 6.45) is 0. The molecule has 3 aromatic rings. The van der Waals surface area contributed by atoms with Gasteiger partial charge in [0.05, 0.1) is 7.11 Å². The summed E-state index contributed by atoms with van der Waals surface area (Å²) in [5.74, 6) is 2.69. The highest BCUT2D eigenvalue weighted by atomic mass is 19.1. The van der Waals surface area contributed by atoms with Crippen molar-refractivity contribution < 1.29 is 28.7 Å². The van der Waals surface area contributed by atoms with Gasteiger partial charge in [0.25, 0.3) is 0 Å². The van der Waals surface area contributed by atoms with Crippen molar-refractivity contribution >= 4 is 0 Å². The molecule has 0 unspecified atom stereocenters. The Balaban J connectivity index is 1.33. The minimum absolute atomic E-state index is 0.257. The van der Waals surface area contributed by atoms with Crippen LogP contribution in [-0.4, -0.2) is 13.9 Å². The first-order valence-corrected chi connectivity index (χ1v) is 9.45. The zero-order valence-corrected chi connectivity index (χ0v) is 16.2. The zero-order chi connectivity index (χ0) is 20.1. The van der Waals surface area contributed by atoms with Gasteiger partial charge in [0.1, 0.15) is 25.5 Å². The molecule has 1 heterocycles. The topological polar surface area (TPSA) is 53.5 Å². The van der Waals surface area contributed by atoms with Crippen LogP contribution < -0.4 is 24.3 Å². The Morgan fingerprint density at radius 2 is 1.52 bits per heavy atom. The lowest BCUT2D eigenvalue weighted by atomic mass is 10.1. The highest BCUT2D eigenvalue weighted by Crippen LogP contribution is 2.32. The number of hydrogen-bond acceptors (Lipinski definition) is 4. The molecule has 0 atom stereocenters. The average molecular weight is 396 g/mol. The van der Waals surface area contributed by atoms with Gasteiger partial charge in [0.2, 0.25) is 6.79 Å². The predicted octanol–water partition coefficient (Wildman–Crippen LogP) is 3.41. The molecule has 0 aliphatic carbocycles. The van der Waals surface area contributed by atoms with Crippen LogP contribution in [0.25, 0.3) is 0 Å². The van der Waals surface area contributed by atoms with Crippen LogP contribution >= 0.6 is 0 Å². The molecule has 1 aliphatic rings. The summed E-state index contributed by atoms with van der Waals surface area (Å²) < 4.78 is 35.1. The molecule has 3 aromatic carbocycles. The van der Waals surface area contributed by atoms with Crippen molar-refractivity contribution in [1.82, 2.24) is 0 Å². The molecule has 0 saturated heterocycles. The molecule has 0 amide bonds. The summed E-state index contributed by atoms with van der Waals surface area (Å²) in [5, 5.41) is 2.21. The lowest BCUT2D eigenvalue weighted by Crippen LogP contribution is -2.80. The van der Waals surface area contributed by atoms with Gasteiger partial charge in [0, 0.05) is 11.1 Å². The van der Waals surface area contributed by atoms with Crippen LogP contribution in [0, 0.1) is 5.82 Å². The summed E-state index contributed by atoms with van der Waals surface area (Å²) in [6, 6.07) is 18.2. The Labute approximate surface area is 169 Å². The van der Waals surface area contributed by atoms with E-state index >= 15 is 0 Å². The van der Waals surface area contributed by atoms with Crippen LogP contribution in [0.1, 0.15) is 16.7 Å². The van der Waals surface area contributed by atoms with E-state index in [9.17, 15) is 4.39 Å². The fourth-order valence-corrected chi connectivity index (χ4v) is 3.17. The first-order valence-electron chi connectivity index (χ1n) is 9.45. The molecule has 6 heteroatoms. The molecular weight excluding hydrogens is 373 g/mol. The van der Waals surface area contributed by atoms with E-state index < -0.39 is 0 Å². The van der Waals surface area contributed by atoms with Gasteiger partial charge in [-0.1, -0.05) is 12.1 Å². The van der Waals surface area contributed by atoms with Gasteiger partial charge < -0.3 is 24.3 Å². The number of benzene rings is 3. The monoisotopic (exact) mass is 396 g/mol. The number of methoxy groups -OCH3 is 1. The molecule has 2 N–H and O–H groups in total. The Bertz CT molecular complexity index is 975. The van der Waals surface area contributed by atoms with Crippen molar-refractivity contribution in [2.45, 2.75) is 19.7 Å². The summed E-state index contributed by atoms with van der Waals surface area (Å²) in [4.78, 5) is 0. The summed E-state index contributed by atoms with van der Waals surface area (Å²) in [5.41, 5.74) is 3.21. The van der Waals surface area contributed by atoms with Crippen LogP contribution in [-0.2, 0) is 19.7 Å². The number of fused-ring (bicyclic) bond motifs is 1. The molecule has 0 saturated carbocycles. The molecule has 5 nitrogen and oxygen atoms in total. The summed E-state index contributed by atoms with van der Waals surface area (Å²) in [7, 11) is 1.63. The third kappa shape index (κ3) is 4.78. The lowest BCUT2D eigenvalue weighted by molar-refractivity contribution is -0.686. The number of ether oxygens (including phenoxy) is 4. The Kier molecular flexibility index (Phi) is 5.81. The first kappa shape index (κ1) is 19.1. The molecule has 4 rings (SSSR count). The summed E-state index contributed by atoms with van der Waals surface area (Å²) >= 11 is 0. The maximum atomic E-state index is 13.0. The average Bonchev–Trinajstić information content (AvgIpc) is 3.22. The van der Waals surface area contributed by atoms with E-state index in [2.05, 4.69) is 11.4 Å². The largest absolute Gasteiger partial charge is 0.493 e. The highest BCUT2D eigenvalue weighted by Gasteiger charge is 2.14. The second-order valence-corrected chi connectivity index (χ2v) is 6.78. The molecule has 0 bridgehead atoms. The van der Waals surface area contributed by atoms with Crippen molar-refractivity contribution in [3.05, 3.63) is 83.2 Å². The van der Waals surface area contributed by atoms with Crippen molar-refractivity contribution in [3.63, 3.8) is 0 Å². The molecule has 150 valence electrons. The molecule has 0 radical (unpaired) electrons. The van der Waals surface area contributed by atoms with E-state index in [1.165, 1.54) is 17.7 Å². The van der Waals surface area contributed by atoms with Gasteiger partial charge in [-0.15, -0.1) is 0 Å². The summed E-state index contributed by atoms with van der Waals surface area (Å²) in [6.45, 7) is 2.29. The third-order valence-corrected chi connectivity index (χ3v) is 4.73. The van der Waals surface area contributed by atoms with Crippen LogP contribution in [0.15, 0.2) is 60.7 Å². The quantitative estimate of drug-likeness (QED) is 0.634. The number of hydrogen-bond donors (Lipinski definition) is 1. The lowest BCUT2D eigenvalue weighted by Gasteiger charge is -2.12. The van der Waals surface area contributed by atoms with Crippen LogP contribution in [0.3, 0.4) is 0 Å². The second kappa shape index (κ2) is 8.84. The van der Waals surface area contributed by atoms with E-state index in [1.54, 1.807) is 19.2 Å². The molecule has 0 spiro atoms. The molecule has 29 heavy (non-hydrogen) atoms. The number of halogens is 1. The standard InChI is InChI=1S/C23H22FNO4/c1-26-22-10-17(4-8-20(22)27-14-16-2-6-19(24)7-3-16)12-25-13-18-5-9-21-23(11-18)29-15-28-21/h2-11,25H,12-15H2,1H3/p+1. The minimum atomic E-state index is -0.257. The second-order valence-electron chi connectivity index (χ2n) is 6.78. The van der Waals surface area contributed by atoms with E-state index in [1.807, 2.05) is 30.3 Å². The SMILES string of the molecule is COc1cc(C[NH2+]Cc2ccc3c(c2)OCO3)ccc1OCc1ccc(F)cc1.